The van der Waals surface area contributed by atoms with Crippen LogP contribution in [-0.4, -0.2) is 30.6 Å². The molecule has 8 nitrogen and oxygen atoms in total. The van der Waals surface area contributed by atoms with Crippen LogP contribution in [-0.2, 0) is 0 Å². The normalized spacial score (nSPS) is 10.7. The first-order valence-corrected chi connectivity index (χ1v) is 5.89. The van der Waals surface area contributed by atoms with Crippen LogP contribution in [0.15, 0.2) is 42.6 Å². The smallest absolute Gasteiger partial charge is 0.337 e. The minimum Gasteiger partial charge on any atom is -0.478 e. The van der Waals surface area contributed by atoms with Crippen molar-refractivity contribution < 1.29 is 14.8 Å². The number of rotatable bonds is 3. The van der Waals surface area contributed by atoms with E-state index in [0.717, 1.165) is 0 Å². The highest BCUT2D eigenvalue weighted by molar-refractivity contribution is 5.87. The van der Waals surface area contributed by atoms with Crippen LogP contribution < -0.4 is 0 Å². The summed E-state index contributed by atoms with van der Waals surface area (Å²) < 4.78 is 1.53. The van der Waals surface area contributed by atoms with E-state index >= 15 is 0 Å². The SMILES string of the molecule is O=C(O)c1ccc2nnc(-c3ccc([N+](=O)[O-])cc3)n2c1. The fourth-order valence-electron chi connectivity index (χ4n) is 1.95. The number of carbonyl (C=O) groups is 1. The number of pyridine rings is 1. The van der Waals surface area contributed by atoms with Crippen molar-refractivity contribution in [3.05, 3.63) is 58.3 Å². The number of nitro benzene ring substituents is 1. The van der Waals surface area contributed by atoms with E-state index in [9.17, 15) is 14.9 Å². The summed E-state index contributed by atoms with van der Waals surface area (Å²) in [7, 11) is 0. The molecule has 2 heterocycles. The van der Waals surface area contributed by atoms with Crippen LogP contribution in [0, 0.1) is 10.1 Å². The Balaban J connectivity index is 2.13. The summed E-state index contributed by atoms with van der Waals surface area (Å²) in [5.74, 6) is -0.636. The third-order valence-corrected chi connectivity index (χ3v) is 2.99. The van der Waals surface area contributed by atoms with E-state index in [-0.39, 0.29) is 11.3 Å². The fraction of sp³-hybridized carbons (Fsp3) is 0. The molecular weight excluding hydrogens is 276 g/mol. The third-order valence-electron chi connectivity index (χ3n) is 2.99. The van der Waals surface area contributed by atoms with Gasteiger partial charge in [-0.25, -0.2) is 4.79 Å². The number of hydrogen-bond acceptors (Lipinski definition) is 5. The zero-order valence-electron chi connectivity index (χ0n) is 10.5. The lowest BCUT2D eigenvalue weighted by molar-refractivity contribution is -0.384. The Morgan fingerprint density at radius 2 is 1.86 bits per heavy atom. The molecule has 0 saturated heterocycles. The van der Waals surface area contributed by atoms with Gasteiger partial charge in [-0.05, 0) is 24.3 Å². The van der Waals surface area contributed by atoms with Crippen molar-refractivity contribution in [1.82, 2.24) is 14.6 Å². The molecule has 0 unspecified atom stereocenters. The zero-order valence-corrected chi connectivity index (χ0v) is 10.5. The number of nitro groups is 1. The molecule has 0 spiro atoms. The van der Waals surface area contributed by atoms with Gasteiger partial charge in [0, 0.05) is 23.9 Å². The standard InChI is InChI=1S/C13H8N4O4/c18-13(19)9-3-6-11-14-15-12(16(11)7-9)8-1-4-10(5-2-8)17(20)21/h1-7H,(H,18,19). The molecule has 3 rings (SSSR count). The molecule has 1 aromatic carbocycles. The Hall–Kier alpha value is -3.29. The lowest BCUT2D eigenvalue weighted by atomic mass is 10.2. The summed E-state index contributed by atoms with van der Waals surface area (Å²) in [5, 5.41) is 27.6. The van der Waals surface area contributed by atoms with Gasteiger partial charge in [0.05, 0.1) is 10.5 Å². The Morgan fingerprint density at radius 3 is 2.48 bits per heavy atom. The summed E-state index contributed by atoms with van der Waals surface area (Å²) in [6, 6.07) is 8.79. The van der Waals surface area contributed by atoms with E-state index in [2.05, 4.69) is 10.2 Å². The Bertz CT molecular complexity index is 854. The van der Waals surface area contributed by atoms with E-state index < -0.39 is 10.9 Å². The second-order valence-electron chi connectivity index (χ2n) is 4.28. The number of aromatic carboxylic acids is 1. The van der Waals surface area contributed by atoms with Crippen molar-refractivity contribution in [2.24, 2.45) is 0 Å². The Morgan fingerprint density at radius 1 is 1.14 bits per heavy atom. The fourth-order valence-corrected chi connectivity index (χ4v) is 1.95. The largest absolute Gasteiger partial charge is 0.478 e. The highest BCUT2D eigenvalue weighted by Crippen LogP contribution is 2.21. The molecule has 21 heavy (non-hydrogen) atoms. The third kappa shape index (κ3) is 2.18. The Labute approximate surface area is 117 Å². The minimum atomic E-state index is -1.06. The van der Waals surface area contributed by atoms with Gasteiger partial charge in [-0.1, -0.05) is 0 Å². The molecule has 0 radical (unpaired) electrons. The molecular formula is C13H8N4O4. The Kier molecular flexibility index (Phi) is 2.83. The quantitative estimate of drug-likeness (QED) is 0.581. The van der Waals surface area contributed by atoms with Crippen LogP contribution in [0.2, 0.25) is 0 Å². The van der Waals surface area contributed by atoms with Crippen LogP contribution in [0.5, 0.6) is 0 Å². The topological polar surface area (TPSA) is 111 Å². The van der Waals surface area contributed by atoms with Gasteiger partial charge in [-0.3, -0.25) is 14.5 Å². The van der Waals surface area contributed by atoms with Crippen molar-refractivity contribution in [2.45, 2.75) is 0 Å². The van der Waals surface area contributed by atoms with E-state index in [4.69, 9.17) is 5.11 Å². The lowest BCUT2D eigenvalue weighted by Crippen LogP contribution is -1.99. The molecule has 104 valence electrons. The molecule has 0 aliphatic rings. The maximum Gasteiger partial charge on any atom is 0.337 e. The maximum absolute atomic E-state index is 11.0. The van der Waals surface area contributed by atoms with E-state index in [1.807, 2.05) is 0 Å². The number of non-ortho nitro benzene ring substituents is 1. The molecule has 0 bridgehead atoms. The van der Waals surface area contributed by atoms with E-state index in [1.165, 1.54) is 28.8 Å². The molecule has 0 amide bonds. The first kappa shape index (κ1) is 12.7. The van der Waals surface area contributed by atoms with Gasteiger partial charge in [-0.2, -0.15) is 0 Å². The minimum absolute atomic E-state index is 0.0289. The van der Waals surface area contributed by atoms with Crippen molar-refractivity contribution >= 4 is 17.3 Å². The van der Waals surface area contributed by atoms with Crippen LogP contribution in [0.1, 0.15) is 10.4 Å². The molecule has 0 atom stereocenters. The first-order chi connectivity index (χ1) is 10.1. The number of carboxylic acid groups (broad SMARTS) is 1. The summed E-state index contributed by atoms with van der Waals surface area (Å²) in [6.45, 7) is 0. The van der Waals surface area contributed by atoms with Crippen molar-refractivity contribution in [3.8, 4) is 11.4 Å². The van der Waals surface area contributed by atoms with Gasteiger partial charge in [0.15, 0.2) is 11.5 Å². The summed E-state index contributed by atoms with van der Waals surface area (Å²) >= 11 is 0. The van der Waals surface area contributed by atoms with Gasteiger partial charge in [0.25, 0.3) is 5.69 Å². The van der Waals surface area contributed by atoms with Crippen LogP contribution in [0.25, 0.3) is 17.0 Å². The zero-order chi connectivity index (χ0) is 15.0. The van der Waals surface area contributed by atoms with Crippen LogP contribution in [0.4, 0.5) is 5.69 Å². The van der Waals surface area contributed by atoms with Crippen molar-refractivity contribution in [3.63, 3.8) is 0 Å². The molecule has 8 heteroatoms. The van der Waals surface area contributed by atoms with Gasteiger partial charge in [0.1, 0.15) is 0 Å². The molecule has 2 aromatic heterocycles. The number of aromatic nitrogens is 3. The highest BCUT2D eigenvalue weighted by atomic mass is 16.6. The number of hydrogen-bond donors (Lipinski definition) is 1. The molecule has 0 aliphatic heterocycles. The second kappa shape index (κ2) is 4.67. The van der Waals surface area contributed by atoms with E-state index in [0.29, 0.717) is 17.0 Å². The number of nitrogens with zero attached hydrogens (tertiary/aromatic N) is 4. The van der Waals surface area contributed by atoms with Crippen molar-refractivity contribution in [2.75, 3.05) is 0 Å². The van der Waals surface area contributed by atoms with Gasteiger partial charge in [-0.15, -0.1) is 10.2 Å². The molecule has 3 aromatic rings. The summed E-state index contributed by atoms with van der Waals surface area (Å²) in [4.78, 5) is 21.2. The second-order valence-corrected chi connectivity index (χ2v) is 4.28. The maximum atomic E-state index is 11.0. The summed E-state index contributed by atoms with van der Waals surface area (Å²) in [6.07, 6.45) is 1.41. The van der Waals surface area contributed by atoms with Gasteiger partial charge in [0.2, 0.25) is 0 Å². The number of fused-ring (bicyclic) bond motifs is 1. The first-order valence-electron chi connectivity index (χ1n) is 5.89. The van der Waals surface area contributed by atoms with Gasteiger partial charge < -0.3 is 5.11 Å². The molecule has 1 N–H and O–H groups in total. The van der Waals surface area contributed by atoms with Gasteiger partial charge >= 0.3 is 5.97 Å². The molecule has 0 fully saturated rings. The lowest BCUT2D eigenvalue weighted by Gasteiger charge is -2.01. The highest BCUT2D eigenvalue weighted by Gasteiger charge is 2.12. The van der Waals surface area contributed by atoms with E-state index in [1.54, 1.807) is 18.2 Å². The van der Waals surface area contributed by atoms with Crippen LogP contribution >= 0.6 is 0 Å². The predicted molar refractivity (Wildman–Crippen MR) is 72.0 cm³/mol. The van der Waals surface area contributed by atoms with Crippen molar-refractivity contribution in [1.29, 1.82) is 0 Å². The molecule has 0 saturated carbocycles. The summed E-state index contributed by atoms with van der Waals surface area (Å²) in [5.41, 5.74) is 1.17. The predicted octanol–water partition coefficient (Wildman–Crippen LogP) is 2.00. The monoisotopic (exact) mass is 284 g/mol. The number of carboxylic acids is 1. The van der Waals surface area contributed by atoms with Crippen LogP contribution in [0.3, 0.4) is 0 Å². The molecule has 0 aliphatic carbocycles. The number of benzene rings is 1. The average molecular weight is 284 g/mol. The average Bonchev–Trinajstić information content (AvgIpc) is 2.90.